The zero-order valence-electron chi connectivity index (χ0n) is 17.6. The molecule has 0 saturated heterocycles. The quantitative estimate of drug-likeness (QED) is 0.300. The van der Waals surface area contributed by atoms with Crippen LogP contribution >= 0.6 is 0 Å². The van der Waals surface area contributed by atoms with Gasteiger partial charge in [-0.1, -0.05) is 86.0 Å². The summed E-state index contributed by atoms with van der Waals surface area (Å²) in [5, 5.41) is 0. The maximum absolute atomic E-state index is 2.80. The summed E-state index contributed by atoms with van der Waals surface area (Å²) in [6, 6.07) is 0. The van der Waals surface area contributed by atoms with E-state index in [4.69, 9.17) is 0 Å². The number of hydrogen-bond donors (Lipinski definition) is 0. The Morgan fingerprint density at radius 2 is 0.957 bits per heavy atom. The molecule has 140 valence electrons. The Morgan fingerprint density at radius 3 is 1.30 bits per heavy atom. The van der Waals surface area contributed by atoms with Gasteiger partial charge in [-0.05, 0) is 51.6 Å². The molecule has 0 aromatic heterocycles. The minimum absolute atomic E-state index is 0.327. The molecule has 0 saturated carbocycles. The summed E-state index contributed by atoms with van der Waals surface area (Å²) in [5.74, 6) is 0. The fourth-order valence-electron chi connectivity index (χ4n) is 3.94. The first-order chi connectivity index (χ1) is 10.7. The van der Waals surface area contributed by atoms with Gasteiger partial charge in [0.2, 0.25) is 0 Å². The van der Waals surface area contributed by atoms with E-state index in [1.807, 2.05) is 0 Å². The van der Waals surface area contributed by atoms with E-state index >= 15 is 0 Å². The molecule has 0 rings (SSSR count). The number of rotatable bonds is 14. The van der Waals surface area contributed by atoms with Crippen molar-refractivity contribution >= 4 is 0 Å². The van der Waals surface area contributed by atoms with E-state index in [1.54, 1.807) is 0 Å². The van der Waals surface area contributed by atoms with Gasteiger partial charge in [-0.15, -0.1) is 0 Å². The minimum atomic E-state index is 0.327. The van der Waals surface area contributed by atoms with Crippen molar-refractivity contribution in [2.45, 2.75) is 125 Å². The van der Waals surface area contributed by atoms with Crippen LogP contribution in [0.1, 0.15) is 119 Å². The van der Waals surface area contributed by atoms with E-state index in [0.29, 0.717) is 11.0 Å². The SMILES string of the molecule is CCCCCCCN(CCCCCCC)C(C)(C)CC(C)(C)C. The van der Waals surface area contributed by atoms with E-state index in [-0.39, 0.29) is 0 Å². The van der Waals surface area contributed by atoms with Gasteiger partial charge in [-0.25, -0.2) is 0 Å². The lowest BCUT2D eigenvalue weighted by Gasteiger charge is -2.43. The Bertz CT molecular complexity index is 248. The van der Waals surface area contributed by atoms with Gasteiger partial charge in [0.05, 0.1) is 0 Å². The maximum atomic E-state index is 2.80. The van der Waals surface area contributed by atoms with Crippen molar-refractivity contribution in [3.8, 4) is 0 Å². The fourth-order valence-corrected chi connectivity index (χ4v) is 3.94. The van der Waals surface area contributed by atoms with Crippen molar-refractivity contribution < 1.29 is 0 Å². The molecule has 1 nitrogen and oxygen atoms in total. The van der Waals surface area contributed by atoms with Crippen molar-refractivity contribution in [3.63, 3.8) is 0 Å². The Kier molecular flexibility index (Phi) is 12.3. The van der Waals surface area contributed by atoms with E-state index in [1.165, 1.54) is 83.7 Å². The van der Waals surface area contributed by atoms with Crippen LogP contribution in [0, 0.1) is 5.41 Å². The van der Waals surface area contributed by atoms with Crippen molar-refractivity contribution in [1.82, 2.24) is 4.90 Å². The topological polar surface area (TPSA) is 3.24 Å². The first-order valence-corrected chi connectivity index (χ1v) is 10.5. The van der Waals surface area contributed by atoms with Crippen LogP contribution in [0.15, 0.2) is 0 Å². The second-order valence-corrected chi connectivity index (χ2v) is 9.37. The summed E-state index contributed by atoms with van der Waals surface area (Å²) >= 11 is 0. The minimum Gasteiger partial charge on any atom is -0.298 e. The third kappa shape index (κ3) is 13.0. The summed E-state index contributed by atoms with van der Waals surface area (Å²) in [4.78, 5) is 2.80. The third-order valence-corrected chi connectivity index (χ3v) is 4.88. The molecular weight excluding hydrogens is 278 g/mol. The van der Waals surface area contributed by atoms with Gasteiger partial charge in [0.15, 0.2) is 0 Å². The summed E-state index contributed by atoms with van der Waals surface area (Å²) in [6.07, 6.45) is 15.2. The molecule has 0 amide bonds. The van der Waals surface area contributed by atoms with E-state index in [2.05, 4.69) is 53.4 Å². The van der Waals surface area contributed by atoms with E-state index in [0.717, 1.165) is 0 Å². The van der Waals surface area contributed by atoms with Crippen LogP contribution in [0.3, 0.4) is 0 Å². The maximum Gasteiger partial charge on any atom is 0.0158 e. The Hall–Kier alpha value is -0.0400. The van der Waals surface area contributed by atoms with Gasteiger partial charge in [0.25, 0.3) is 0 Å². The number of hydrogen-bond acceptors (Lipinski definition) is 1. The second kappa shape index (κ2) is 12.3. The standard InChI is InChI=1S/C22H47N/c1-8-10-12-14-16-18-23(19-17-15-13-11-9-2)22(6,7)20-21(3,4)5/h8-20H2,1-7H3. The Morgan fingerprint density at radius 1 is 0.565 bits per heavy atom. The zero-order valence-corrected chi connectivity index (χ0v) is 17.6. The first-order valence-electron chi connectivity index (χ1n) is 10.5. The zero-order chi connectivity index (χ0) is 17.8. The molecule has 23 heavy (non-hydrogen) atoms. The molecule has 0 aliphatic heterocycles. The van der Waals surface area contributed by atoms with Crippen molar-refractivity contribution in [2.75, 3.05) is 13.1 Å². The highest BCUT2D eigenvalue weighted by molar-refractivity contribution is 4.86. The molecule has 0 aliphatic rings. The summed E-state index contributed by atoms with van der Waals surface area (Å²) < 4.78 is 0. The molecule has 0 aromatic carbocycles. The lowest BCUT2D eigenvalue weighted by Crippen LogP contribution is -2.47. The molecule has 0 spiro atoms. The average Bonchev–Trinajstić information content (AvgIpc) is 2.41. The van der Waals surface area contributed by atoms with Crippen molar-refractivity contribution in [2.24, 2.45) is 5.41 Å². The monoisotopic (exact) mass is 325 g/mol. The molecule has 0 fully saturated rings. The van der Waals surface area contributed by atoms with Crippen LogP contribution < -0.4 is 0 Å². The Labute approximate surface area is 148 Å². The Balaban J connectivity index is 4.40. The molecular formula is C22H47N. The van der Waals surface area contributed by atoms with Crippen molar-refractivity contribution in [1.29, 1.82) is 0 Å². The van der Waals surface area contributed by atoms with E-state index in [9.17, 15) is 0 Å². The molecule has 0 atom stereocenters. The highest BCUT2D eigenvalue weighted by atomic mass is 15.2. The fraction of sp³-hybridized carbons (Fsp3) is 1.00. The van der Waals surface area contributed by atoms with Crippen LogP contribution in [0.5, 0.6) is 0 Å². The lowest BCUT2D eigenvalue weighted by molar-refractivity contribution is 0.0730. The third-order valence-electron chi connectivity index (χ3n) is 4.88. The smallest absolute Gasteiger partial charge is 0.0158 e. The highest BCUT2D eigenvalue weighted by Crippen LogP contribution is 2.31. The highest BCUT2D eigenvalue weighted by Gasteiger charge is 2.30. The lowest BCUT2D eigenvalue weighted by atomic mass is 9.80. The second-order valence-electron chi connectivity index (χ2n) is 9.37. The molecule has 0 unspecified atom stereocenters. The van der Waals surface area contributed by atoms with Gasteiger partial charge in [-0.2, -0.15) is 0 Å². The van der Waals surface area contributed by atoms with Crippen LogP contribution in [-0.2, 0) is 0 Å². The van der Waals surface area contributed by atoms with Crippen molar-refractivity contribution in [3.05, 3.63) is 0 Å². The summed E-state index contributed by atoms with van der Waals surface area (Å²) in [7, 11) is 0. The van der Waals surface area contributed by atoms with Gasteiger partial charge in [0.1, 0.15) is 0 Å². The molecule has 0 aliphatic carbocycles. The molecule has 0 radical (unpaired) electrons. The van der Waals surface area contributed by atoms with Crippen LogP contribution in [-0.4, -0.2) is 23.5 Å². The van der Waals surface area contributed by atoms with Gasteiger partial charge in [-0.3, -0.25) is 4.90 Å². The average molecular weight is 326 g/mol. The van der Waals surface area contributed by atoms with Crippen LogP contribution in [0.4, 0.5) is 0 Å². The molecule has 0 heterocycles. The molecule has 0 N–H and O–H groups in total. The van der Waals surface area contributed by atoms with Gasteiger partial charge >= 0.3 is 0 Å². The van der Waals surface area contributed by atoms with Gasteiger partial charge in [0, 0.05) is 5.54 Å². The van der Waals surface area contributed by atoms with Crippen LogP contribution in [0.25, 0.3) is 0 Å². The van der Waals surface area contributed by atoms with E-state index < -0.39 is 0 Å². The number of unbranched alkanes of at least 4 members (excludes halogenated alkanes) is 8. The summed E-state index contributed by atoms with van der Waals surface area (Å²) in [5.41, 5.74) is 0.736. The molecule has 0 bridgehead atoms. The first kappa shape index (κ1) is 23.0. The largest absolute Gasteiger partial charge is 0.298 e. The predicted molar refractivity (Wildman–Crippen MR) is 107 cm³/mol. The van der Waals surface area contributed by atoms with Crippen LogP contribution in [0.2, 0.25) is 0 Å². The normalized spacial score (nSPS) is 13.0. The molecule has 0 aromatic rings. The van der Waals surface area contributed by atoms with Gasteiger partial charge < -0.3 is 0 Å². The summed E-state index contributed by atoms with van der Waals surface area (Å²) in [6.45, 7) is 19.3. The molecule has 1 heteroatoms. The number of nitrogens with zero attached hydrogens (tertiary/aromatic N) is 1. The predicted octanol–water partition coefficient (Wildman–Crippen LogP) is 7.44.